The maximum Gasteiger partial charge on any atom is 0.429 e. The molecule has 2 fully saturated rings. The Morgan fingerprint density at radius 2 is 2.04 bits per heavy atom. The molecule has 11 heteroatoms. The van der Waals surface area contributed by atoms with Crippen molar-refractivity contribution in [1.82, 2.24) is 9.55 Å². The first-order valence-electron chi connectivity index (χ1n) is 7.48. The lowest BCUT2D eigenvalue weighted by molar-refractivity contribution is -0.274. The van der Waals surface area contributed by atoms with Crippen LogP contribution < -0.4 is 11.2 Å². The minimum atomic E-state index is -5.73. The van der Waals surface area contributed by atoms with Crippen molar-refractivity contribution >= 4 is 0 Å². The topological polar surface area (TPSA) is 105 Å². The summed E-state index contributed by atoms with van der Waals surface area (Å²) in [6.45, 7) is 0. The molecular weight excluding hydrogens is 328 g/mol. The van der Waals surface area contributed by atoms with E-state index in [-0.39, 0.29) is 17.4 Å². The van der Waals surface area contributed by atoms with Crippen molar-refractivity contribution in [3.63, 3.8) is 0 Å². The summed E-state index contributed by atoms with van der Waals surface area (Å²) in [5, 5.41) is 19.8. The Labute approximate surface area is 127 Å². The standard InChI is InChI=1S/C12H12F4N2O5/c13-11(12(14,15)16)6(20)7(10(22)2-3-10)23-8(11)18-4-1-5(19)17-9(18)21/h1,4,6-8,20,22H,2-3H2,(H,17,19,21)/t6?,7-,8+,11+/m0/s1/i1D,4D. The molecule has 1 aromatic heterocycles. The molecule has 0 bridgehead atoms. The summed E-state index contributed by atoms with van der Waals surface area (Å²) in [7, 11) is 0. The molecule has 0 aromatic carbocycles. The number of H-pyrrole nitrogens is 1. The Balaban J connectivity index is 2.22. The summed E-state index contributed by atoms with van der Waals surface area (Å²) in [6.07, 6.45) is -14.9. The number of aromatic nitrogens is 2. The van der Waals surface area contributed by atoms with Crippen molar-refractivity contribution in [1.29, 1.82) is 0 Å². The third-order valence-corrected chi connectivity index (χ3v) is 4.04. The van der Waals surface area contributed by atoms with E-state index in [1.807, 2.05) is 0 Å². The summed E-state index contributed by atoms with van der Waals surface area (Å²) < 4.78 is 74.5. The first-order chi connectivity index (χ1) is 11.3. The lowest BCUT2D eigenvalue weighted by Crippen LogP contribution is -2.56. The highest BCUT2D eigenvalue weighted by molar-refractivity contribution is 5.16. The first-order valence-corrected chi connectivity index (χ1v) is 6.48. The van der Waals surface area contributed by atoms with Gasteiger partial charge < -0.3 is 14.9 Å². The van der Waals surface area contributed by atoms with E-state index >= 15 is 0 Å². The number of nitrogens with one attached hydrogen (secondary N) is 1. The van der Waals surface area contributed by atoms with E-state index < -0.39 is 59.3 Å². The Kier molecular flexibility index (Phi) is 2.77. The normalized spacial score (nSPS) is 37.4. The molecule has 1 aliphatic carbocycles. The zero-order valence-corrected chi connectivity index (χ0v) is 11.2. The molecule has 7 nitrogen and oxygen atoms in total. The van der Waals surface area contributed by atoms with Crippen molar-refractivity contribution < 1.29 is 35.3 Å². The van der Waals surface area contributed by atoms with Crippen molar-refractivity contribution in [3.05, 3.63) is 33.1 Å². The maximum atomic E-state index is 15.0. The van der Waals surface area contributed by atoms with Crippen molar-refractivity contribution in [2.45, 2.75) is 48.7 Å². The molecule has 2 aliphatic rings. The summed E-state index contributed by atoms with van der Waals surface area (Å²) in [4.78, 5) is 24.6. The number of hydrogen-bond acceptors (Lipinski definition) is 5. The average Bonchev–Trinajstić information content (AvgIpc) is 3.17. The Hall–Kier alpha value is -1.72. The second-order valence-electron chi connectivity index (χ2n) is 5.59. The van der Waals surface area contributed by atoms with Gasteiger partial charge in [-0.1, -0.05) is 0 Å². The minimum Gasteiger partial charge on any atom is -0.387 e. The van der Waals surface area contributed by atoms with Gasteiger partial charge in [0.05, 0.1) is 8.34 Å². The lowest BCUT2D eigenvalue weighted by Gasteiger charge is -2.31. The quantitative estimate of drug-likeness (QED) is 0.634. The Morgan fingerprint density at radius 1 is 1.43 bits per heavy atom. The Morgan fingerprint density at radius 3 is 2.57 bits per heavy atom. The number of aliphatic hydroxyl groups is 2. The molecule has 1 unspecified atom stereocenters. The largest absolute Gasteiger partial charge is 0.429 e. The van der Waals surface area contributed by atoms with Crippen molar-refractivity contribution in [2.75, 3.05) is 0 Å². The summed E-state index contributed by atoms with van der Waals surface area (Å²) in [6, 6.07) is -1.18. The molecule has 1 aliphatic heterocycles. The molecule has 3 rings (SSSR count). The maximum absolute atomic E-state index is 15.0. The molecule has 0 spiro atoms. The number of halogens is 4. The van der Waals surface area contributed by atoms with Gasteiger partial charge in [0, 0.05) is 12.2 Å². The Bertz CT molecular complexity index is 836. The molecule has 4 atom stereocenters. The number of hydrogen-bond donors (Lipinski definition) is 3. The van der Waals surface area contributed by atoms with E-state index in [1.54, 1.807) is 0 Å². The van der Waals surface area contributed by atoms with Crippen molar-refractivity contribution in [2.24, 2.45) is 0 Å². The molecular formula is C12H12F4N2O5. The van der Waals surface area contributed by atoms with Crippen LogP contribution in [0.5, 0.6) is 0 Å². The minimum absolute atomic E-state index is 0.0483. The van der Waals surface area contributed by atoms with E-state index in [2.05, 4.69) is 0 Å². The van der Waals surface area contributed by atoms with Crippen LogP contribution in [0, 0.1) is 0 Å². The number of aromatic amines is 1. The van der Waals surface area contributed by atoms with Gasteiger partial charge in [0.1, 0.15) is 12.2 Å². The van der Waals surface area contributed by atoms with Crippen LogP contribution in [0.2, 0.25) is 0 Å². The number of nitrogens with zero attached hydrogens (tertiary/aromatic N) is 1. The van der Waals surface area contributed by atoms with E-state index in [9.17, 15) is 37.4 Å². The van der Waals surface area contributed by atoms with Gasteiger partial charge in [0.25, 0.3) is 11.2 Å². The van der Waals surface area contributed by atoms with Gasteiger partial charge in [-0.15, -0.1) is 0 Å². The molecule has 23 heavy (non-hydrogen) atoms. The highest BCUT2D eigenvalue weighted by atomic mass is 19.4. The number of rotatable bonds is 2. The van der Waals surface area contributed by atoms with Crippen LogP contribution in [0.1, 0.15) is 21.8 Å². The first kappa shape index (κ1) is 13.7. The van der Waals surface area contributed by atoms with Crippen LogP contribution in [0.15, 0.2) is 21.8 Å². The monoisotopic (exact) mass is 342 g/mol. The molecule has 3 N–H and O–H groups in total. The lowest BCUT2D eigenvalue weighted by atomic mass is 9.92. The van der Waals surface area contributed by atoms with Crippen LogP contribution in [0.25, 0.3) is 0 Å². The van der Waals surface area contributed by atoms with Crippen LogP contribution in [0.4, 0.5) is 17.6 Å². The molecule has 1 saturated heterocycles. The predicted octanol–water partition coefficient (Wildman–Crippen LogP) is -0.410. The van der Waals surface area contributed by atoms with Crippen molar-refractivity contribution in [3.8, 4) is 0 Å². The van der Waals surface area contributed by atoms with E-state index in [0.29, 0.717) is 0 Å². The van der Waals surface area contributed by atoms with Gasteiger partial charge in [-0.05, 0) is 12.8 Å². The fraction of sp³-hybridized carbons (Fsp3) is 0.667. The fourth-order valence-corrected chi connectivity index (χ4v) is 2.58. The number of alkyl halides is 4. The zero-order chi connectivity index (χ0) is 18.9. The number of aliphatic hydroxyl groups excluding tert-OH is 1. The zero-order valence-electron chi connectivity index (χ0n) is 13.2. The summed E-state index contributed by atoms with van der Waals surface area (Å²) in [5.74, 6) is 0. The SMILES string of the molecule is [2H]c1c([2H])n([C@@H]2O[C@H](C3(O)CC3)C(O)[C@]2(F)C(F)(F)F)c(=O)[nH]c1=O. The van der Waals surface area contributed by atoms with Gasteiger partial charge in [0.15, 0.2) is 6.23 Å². The van der Waals surface area contributed by atoms with Gasteiger partial charge in [0.2, 0.25) is 0 Å². The third-order valence-electron chi connectivity index (χ3n) is 4.04. The second-order valence-corrected chi connectivity index (χ2v) is 5.59. The smallest absolute Gasteiger partial charge is 0.387 e. The van der Waals surface area contributed by atoms with Gasteiger partial charge in [-0.2, -0.15) is 13.2 Å². The molecule has 1 aromatic rings. The van der Waals surface area contributed by atoms with Crippen LogP contribution >= 0.6 is 0 Å². The van der Waals surface area contributed by atoms with Gasteiger partial charge in [-0.25, -0.2) is 9.18 Å². The third kappa shape index (κ3) is 2.22. The molecule has 0 amide bonds. The molecule has 1 saturated carbocycles. The summed E-state index contributed by atoms with van der Waals surface area (Å²) in [5.41, 5.74) is -9.40. The van der Waals surface area contributed by atoms with Crippen LogP contribution in [-0.4, -0.2) is 49.4 Å². The highest BCUT2D eigenvalue weighted by Crippen LogP contribution is 2.56. The van der Waals surface area contributed by atoms with E-state index in [1.165, 1.54) is 4.98 Å². The second kappa shape index (κ2) is 4.65. The highest BCUT2D eigenvalue weighted by Gasteiger charge is 2.76. The van der Waals surface area contributed by atoms with Crippen LogP contribution in [-0.2, 0) is 4.74 Å². The van der Waals surface area contributed by atoms with E-state index in [0.717, 1.165) is 0 Å². The predicted molar refractivity (Wildman–Crippen MR) is 65.3 cm³/mol. The molecule has 0 radical (unpaired) electrons. The van der Waals surface area contributed by atoms with Gasteiger partial charge >= 0.3 is 11.9 Å². The number of ether oxygens (including phenoxy) is 1. The van der Waals surface area contributed by atoms with Crippen LogP contribution in [0.3, 0.4) is 0 Å². The molecule has 2 heterocycles. The summed E-state index contributed by atoms with van der Waals surface area (Å²) >= 11 is 0. The fourth-order valence-electron chi connectivity index (χ4n) is 2.58. The van der Waals surface area contributed by atoms with Gasteiger partial charge in [-0.3, -0.25) is 14.3 Å². The van der Waals surface area contributed by atoms with E-state index in [4.69, 9.17) is 7.48 Å². The molecule has 128 valence electrons. The average molecular weight is 342 g/mol.